The molecule has 550 valence electrons. The first-order chi connectivity index (χ1) is 46.6. The number of carboxylic acid groups (broad SMARTS) is 1. The van der Waals surface area contributed by atoms with Crippen LogP contribution >= 0.6 is 0 Å². The molecule has 95 heavy (non-hydrogen) atoms. The van der Waals surface area contributed by atoms with Crippen molar-refractivity contribution in [1.29, 1.82) is 0 Å². The van der Waals surface area contributed by atoms with Crippen LogP contribution in [0.15, 0.2) is 97.2 Å². The van der Waals surface area contributed by atoms with E-state index in [1.54, 1.807) is 0 Å². The van der Waals surface area contributed by atoms with Gasteiger partial charge in [0.25, 0.3) is 6.29 Å². The summed E-state index contributed by atoms with van der Waals surface area (Å²) >= 11 is 0. The molecule has 9 nitrogen and oxygen atoms in total. The van der Waals surface area contributed by atoms with Crippen LogP contribution in [0.1, 0.15) is 373 Å². The number of esters is 2. The van der Waals surface area contributed by atoms with Gasteiger partial charge >= 0.3 is 17.9 Å². The molecule has 2 unspecified atom stereocenters. The van der Waals surface area contributed by atoms with Crippen molar-refractivity contribution in [1.82, 2.24) is 0 Å². The summed E-state index contributed by atoms with van der Waals surface area (Å²) in [6, 6.07) is 0. The molecule has 0 aliphatic heterocycles. The van der Waals surface area contributed by atoms with Gasteiger partial charge in [-0.05, 0) is 89.9 Å². The smallest absolute Gasteiger partial charge is 0.361 e. The number of rotatable bonds is 75. The maximum absolute atomic E-state index is 13.0. The van der Waals surface area contributed by atoms with Crippen LogP contribution in [0.25, 0.3) is 0 Å². The van der Waals surface area contributed by atoms with Crippen LogP contribution in [-0.2, 0) is 33.3 Å². The second kappa shape index (κ2) is 76.0. The summed E-state index contributed by atoms with van der Waals surface area (Å²) in [5.74, 6) is -1.98. The van der Waals surface area contributed by atoms with E-state index in [0.29, 0.717) is 17.4 Å². The van der Waals surface area contributed by atoms with Gasteiger partial charge in [-0.1, -0.05) is 368 Å². The molecule has 0 aromatic rings. The number of nitrogens with zero attached hydrogens (tertiary/aromatic N) is 1. The quantitative estimate of drug-likeness (QED) is 0.0211. The topological polar surface area (TPSA) is 108 Å². The number of aliphatic carboxylic acids is 1. The largest absolute Gasteiger partial charge is 0.477 e. The number of hydrogen-bond donors (Lipinski definition) is 1. The zero-order chi connectivity index (χ0) is 69.0. The lowest BCUT2D eigenvalue weighted by molar-refractivity contribution is -0.870. The standard InChI is InChI=1S/C86H153NO8/c1-6-8-10-12-14-16-18-20-22-24-26-28-30-32-34-36-38-40-42-44-46-48-50-52-54-56-58-60-62-64-66-68-70-72-74-76-83(88)93-80-82(81-94-86(85(90)91)92-79-78-87(3,4)5)95-84(89)77-75-73-71-69-67-65-63-61-59-57-55-53-51-49-47-45-43-41-39-37-35-33-31-29-27-25-23-21-19-17-15-13-11-9-7-2/h8-11,14-17,20-23,26-29,82,86H,6-7,12-13,18-19,24-25,30-81H2,1-5H3/p+1/b10-8-,11-9-,16-14-,17-15-,22-20-,23-21-,28-26-,29-27-. The monoisotopic (exact) mass is 1330 g/mol. The van der Waals surface area contributed by atoms with Crippen molar-refractivity contribution in [3.05, 3.63) is 97.2 Å². The molecule has 0 aliphatic carbocycles. The third-order valence-electron chi connectivity index (χ3n) is 17.8. The van der Waals surface area contributed by atoms with E-state index in [1.165, 1.54) is 257 Å². The molecule has 0 aromatic carbocycles. The molecule has 1 N–H and O–H groups in total. The van der Waals surface area contributed by atoms with E-state index >= 15 is 0 Å². The fourth-order valence-corrected chi connectivity index (χ4v) is 11.8. The molecule has 0 aromatic heterocycles. The summed E-state index contributed by atoms with van der Waals surface area (Å²) in [4.78, 5) is 37.8. The van der Waals surface area contributed by atoms with E-state index in [1.807, 2.05) is 21.1 Å². The Morgan fingerprint density at radius 2 is 0.568 bits per heavy atom. The maximum Gasteiger partial charge on any atom is 0.361 e. The van der Waals surface area contributed by atoms with Gasteiger partial charge in [-0.3, -0.25) is 9.59 Å². The Hall–Kier alpha value is -3.79. The van der Waals surface area contributed by atoms with Crippen molar-refractivity contribution in [2.75, 3.05) is 47.5 Å². The van der Waals surface area contributed by atoms with E-state index in [0.717, 1.165) is 89.9 Å². The van der Waals surface area contributed by atoms with Gasteiger partial charge in [-0.25, -0.2) is 4.79 Å². The second-order valence-corrected chi connectivity index (χ2v) is 28.3. The van der Waals surface area contributed by atoms with Crippen LogP contribution in [0.2, 0.25) is 0 Å². The number of quaternary nitrogens is 1. The van der Waals surface area contributed by atoms with E-state index < -0.39 is 18.4 Å². The zero-order valence-corrected chi connectivity index (χ0v) is 63.1. The van der Waals surface area contributed by atoms with Gasteiger partial charge in [0, 0.05) is 12.8 Å². The fraction of sp³-hybridized carbons (Fsp3) is 0.779. The molecule has 0 heterocycles. The molecule has 0 rings (SSSR count). The number of unbranched alkanes of at least 4 members (excludes halogenated alkanes) is 44. The van der Waals surface area contributed by atoms with Gasteiger partial charge in [-0.2, -0.15) is 0 Å². The van der Waals surface area contributed by atoms with Crippen LogP contribution in [0.5, 0.6) is 0 Å². The number of carboxylic acids is 1. The minimum Gasteiger partial charge on any atom is -0.477 e. The lowest BCUT2D eigenvalue weighted by Gasteiger charge is -2.25. The van der Waals surface area contributed by atoms with Crippen LogP contribution < -0.4 is 0 Å². The molecular formula is C86H154NO8+. The van der Waals surface area contributed by atoms with Gasteiger partial charge in [-0.15, -0.1) is 0 Å². The van der Waals surface area contributed by atoms with E-state index in [9.17, 15) is 19.5 Å². The van der Waals surface area contributed by atoms with Crippen molar-refractivity contribution < 1.29 is 42.9 Å². The average molecular weight is 1330 g/mol. The molecule has 0 aliphatic rings. The summed E-state index contributed by atoms with van der Waals surface area (Å²) in [6.07, 6.45) is 103. The molecule has 0 saturated heterocycles. The Balaban J connectivity index is 3.97. The lowest BCUT2D eigenvalue weighted by atomic mass is 10.0. The number of ether oxygens (including phenoxy) is 4. The maximum atomic E-state index is 13.0. The molecule has 0 fully saturated rings. The summed E-state index contributed by atoms with van der Waals surface area (Å²) in [6.45, 7) is 4.71. The van der Waals surface area contributed by atoms with Crippen molar-refractivity contribution in [3.8, 4) is 0 Å². The van der Waals surface area contributed by atoms with Crippen LogP contribution in [0, 0.1) is 0 Å². The fourth-order valence-electron chi connectivity index (χ4n) is 11.8. The highest BCUT2D eigenvalue weighted by molar-refractivity contribution is 5.71. The van der Waals surface area contributed by atoms with Crippen molar-refractivity contribution in [2.24, 2.45) is 0 Å². The number of likely N-dealkylation sites (N-methyl/N-ethyl adjacent to an activating group) is 1. The Morgan fingerprint density at radius 3 is 0.842 bits per heavy atom. The van der Waals surface area contributed by atoms with Crippen LogP contribution in [0.3, 0.4) is 0 Å². The Morgan fingerprint density at radius 1 is 0.316 bits per heavy atom. The molecule has 0 amide bonds. The lowest BCUT2D eigenvalue weighted by Crippen LogP contribution is -2.40. The van der Waals surface area contributed by atoms with Gasteiger partial charge < -0.3 is 28.5 Å². The van der Waals surface area contributed by atoms with Crippen LogP contribution in [-0.4, -0.2) is 87.4 Å². The molecule has 0 spiro atoms. The number of hydrogen-bond acceptors (Lipinski definition) is 7. The molecule has 9 heteroatoms. The molecule has 0 saturated carbocycles. The molecule has 0 bridgehead atoms. The predicted molar refractivity (Wildman–Crippen MR) is 410 cm³/mol. The Kier molecular flexibility index (Phi) is 72.9. The van der Waals surface area contributed by atoms with Gasteiger partial charge in [0.2, 0.25) is 0 Å². The number of carbonyl (C=O) groups excluding carboxylic acids is 2. The summed E-state index contributed by atoms with van der Waals surface area (Å²) < 4.78 is 23.1. The average Bonchev–Trinajstić information content (AvgIpc) is 2.94. The first-order valence-corrected chi connectivity index (χ1v) is 40.4. The minimum absolute atomic E-state index is 0.179. The second-order valence-electron chi connectivity index (χ2n) is 28.3. The van der Waals surface area contributed by atoms with Crippen molar-refractivity contribution in [2.45, 2.75) is 386 Å². The van der Waals surface area contributed by atoms with Crippen molar-refractivity contribution in [3.63, 3.8) is 0 Å². The first kappa shape index (κ1) is 91.2. The SMILES string of the molecule is CC/C=C\C/C=C\C/C=C\C/C=C\CCCCCCCCCCCCCCCCCCCCCCCCC(=O)OCC(COC(OCC[N+](C)(C)C)C(=O)O)OC(=O)CCCCCCCCCCCCCCCCCCCCCCCC/C=C\C/C=C\C/C=C\C/C=C\CC. The van der Waals surface area contributed by atoms with Gasteiger partial charge in [0.1, 0.15) is 13.2 Å². The predicted octanol–water partition coefficient (Wildman–Crippen LogP) is 25.9. The third-order valence-corrected chi connectivity index (χ3v) is 17.8. The van der Waals surface area contributed by atoms with Crippen molar-refractivity contribution >= 4 is 17.9 Å². The number of carbonyl (C=O) groups is 3. The first-order valence-electron chi connectivity index (χ1n) is 40.4. The van der Waals surface area contributed by atoms with Gasteiger partial charge in [0.15, 0.2) is 6.10 Å². The van der Waals surface area contributed by atoms with E-state index in [2.05, 4.69) is 111 Å². The highest BCUT2D eigenvalue weighted by Crippen LogP contribution is 2.19. The summed E-state index contributed by atoms with van der Waals surface area (Å²) in [5.41, 5.74) is 0. The molecule has 0 radical (unpaired) electrons. The summed E-state index contributed by atoms with van der Waals surface area (Å²) in [5, 5.41) is 9.78. The Bertz CT molecular complexity index is 1890. The number of allylic oxidation sites excluding steroid dienone is 16. The van der Waals surface area contributed by atoms with E-state index in [4.69, 9.17) is 18.9 Å². The highest BCUT2D eigenvalue weighted by Gasteiger charge is 2.25. The normalized spacial score (nSPS) is 13.1. The van der Waals surface area contributed by atoms with Crippen LogP contribution in [0.4, 0.5) is 0 Å². The van der Waals surface area contributed by atoms with Gasteiger partial charge in [0.05, 0.1) is 34.4 Å². The highest BCUT2D eigenvalue weighted by atomic mass is 16.7. The van der Waals surface area contributed by atoms with E-state index in [-0.39, 0.29) is 38.2 Å². The molecular weight excluding hydrogens is 1170 g/mol. The summed E-state index contributed by atoms with van der Waals surface area (Å²) in [7, 11) is 5.99. The Labute approximate surface area is 588 Å². The third kappa shape index (κ3) is 77.4. The molecule has 2 atom stereocenters. The minimum atomic E-state index is -1.51. The zero-order valence-electron chi connectivity index (χ0n) is 63.1.